The summed E-state index contributed by atoms with van der Waals surface area (Å²) in [5, 5.41) is 17.2. The molecule has 2 N–H and O–H groups in total. The fourth-order valence-corrected chi connectivity index (χ4v) is 5.00. The van der Waals surface area contributed by atoms with Crippen LogP contribution in [-0.2, 0) is 18.4 Å². The molecule has 2 aliphatic rings. The Morgan fingerprint density at radius 3 is 2.65 bits per heavy atom. The minimum absolute atomic E-state index is 0.0247. The van der Waals surface area contributed by atoms with Gasteiger partial charge in [0.1, 0.15) is 22.8 Å². The molecule has 0 bridgehead atoms. The van der Waals surface area contributed by atoms with Gasteiger partial charge in [-0.15, -0.1) is 0 Å². The number of pyridine rings is 1. The van der Waals surface area contributed by atoms with E-state index in [4.69, 9.17) is 4.84 Å². The number of nitrogens with one attached hydrogen (secondary N) is 1. The first-order chi connectivity index (χ1) is 17.4. The first-order valence-electron chi connectivity index (χ1n) is 12.1. The van der Waals surface area contributed by atoms with Crippen LogP contribution in [0.1, 0.15) is 66.4 Å². The number of carbonyl (C=O) groups excluding carboxylic acids is 2. The highest BCUT2D eigenvalue weighted by Crippen LogP contribution is 2.40. The SMILES string of the molecule is CC1=NO[C@@]2(CC[C@H](C)N(C(=O)c3c(O)c(=O)c(C(=O)NCc4ccc(F)cc4F)cn3C)CC2)[C@H]1C. The van der Waals surface area contributed by atoms with Gasteiger partial charge >= 0.3 is 0 Å². The first kappa shape index (κ1) is 26.3. The van der Waals surface area contributed by atoms with Crippen LogP contribution in [0.5, 0.6) is 5.75 Å². The molecule has 1 aromatic carbocycles. The van der Waals surface area contributed by atoms with Crippen LogP contribution in [0.15, 0.2) is 34.3 Å². The fourth-order valence-electron chi connectivity index (χ4n) is 5.00. The van der Waals surface area contributed by atoms with Crippen molar-refractivity contribution in [1.29, 1.82) is 0 Å². The van der Waals surface area contributed by atoms with Crippen LogP contribution in [0.3, 0.4) is 0 Å². The second-order valence-corrected chi connectivity index (χ2v) is 9.85. The largest absolute Gasteiger partial charge is 0.503 e. The van der Waals surface area contributed by atoms with Gasteiger partial charge in [-0.05, 0) is 32.8 Å². The summed E-state index contributed by atoms with van der Waals surface area (Å²) in [5.41, 5.74) is -1.23. The van der Waals surface area contributed by atoms with Gasteiger partial charge < -0.3 is 24.7 Å². The average Bonchev–Trinajstić information content (AvgIpc) is 3.02. The Hall–Kier alpha value is -3.76. The Balaban J connectivity index is 1.54. The standard InChI is InChI=1S/C26H30F2N4O5/c1-14-7-8-26(15(2)16(3)30-37-26)9-10-32(14)25(36)21-23(34)22(33)19(13-31(21)4)24(35)29-12-17-5-6-18(27)11-20(17)28/h5-6,11,13-15,34H,7-10,12H2,1-4H3,(H,29,35)/t14-,15-,26+/m0/s1. The molecule has 2 amide bonds. The van der Waals surface area contributed by atoms with Crippen LogP contribution in [-0.4, -0.2) is 50.3 Å². The van der Waals surface area contributed by atoms with Gasteiger partial charge in [0.05, 0.1) is 5.71 Å². The third kappa shape index (κ3) is 4.82. The van der Waals surface area contributed by atoms with E-state index in [1.165, 1.54) is 17.7 Å². The monoisotopic (exact) mass is 516 g/mol. The zero-order chi connectivity index (χ0) is 27.1. The maximum Gasteiger partial charge on any atom is 0.274 e. The number of likely N-dealkylation sites (tertiary alicyclic amines) is 1. The molecule has 3 atom stereocenters. The lowest BCUT2D eigenvalue weighted by atomic mass is 9.80. The van der Waals surface area contributed by atoms with Gasteiger partial charge in [-0.2, -0.15) is 0 Å². The number of nitrogens with zero attached hydrogens (tertiary/aromatic N) is 3. The summed E-state index contributed by atoms with van der Waals surface area (Å²) in [5.74, 6) is -3.74. The number of halogens is 2. The second-order valence-electron chi connectivity index (χ2n) is 9.85. The number of hydrogen-bond donors (Lipinski definition) is 2. The number of aromatic hydroxyl groups is 1. The van der Waals surface area contributed by atoms with Crippen molar-refractivity contribution in [2.45, 2.75) is 58.2 Å². The van der Waals surface area contributed by atoms with E-state index in [0.717, 1.165) is 18.0 Å². The van der Waals surface area contributed by atoms with Crippen molar-refractivity contribution in [3.63, 3.8) is 0 Å². The van der Waals surface area contributed by atoms with Crippen molar-refractivity contribution in [3.8, 4) is 5.75 Å². The topological polar surface area (TPSA) is 113 Å². The molecule has 0 unspecified atom stereocenters. The van der Waals surface area contributed by atoms with Crippen molar-refractivity contribution >= 4 is 17.5 Å². The Bertz CT molecular complexity index is 1340. The smallest absolute Gasteiger partial charge is 0.274 e. The number of aromatic nitrogens is 1. The molecule has 37 heavy (non-hydrogen) atoms. The van der Waals surface area contributed by atoms with E-state index in [1.54, 1.807) is 4.90 Å². The van der Waals surface area contributed by atoms with Crippen molar-refractivity contribution in [2.75, 3.05) is 6.54 Å². The molecule has 1 aromatic heterocycles. The fraction of sp³-hybridized carbons (Fsp3) is 0.462. The van der Waals surface area contributed by atoms with Crippen molar-refractivity contribution in [3.05, 3.63) is 63.1 Å². The molecular formula is C26H30F2N4O5. The van der Waals surface area contributed by atoms with Crippen LogP contribution >= 0.6 is 0 Å². The molecule has 0 saturated carbocycles. The van der Waals surface area contributed by atoms with Crippen LogP contribution in [0.4, 0.5) is 8.78 Å². The summed E-state index contributed by atoms with van der Waals surface area (Å²) >= 11 is 0. The minimum atomic E-state index is -1.02. The maximum absolute atomic E-state index is 13.9. The lowest BCUT2D eigenvalue weighted by Crippen LogP contribution is -2.42. The predicted molar refractivity (Wildman–Crippen MR) is 131 cm³/mol. The number of oxime groups is 1. The normalized spacial score (nSPS) is 23.4. The maximum atomic E-state index is 13.9. The van der Waals surface area contributed by atoms with Crippen LogP contribution < -0.4 is 10.7 Å². The van der Waals surface area contributed by atoms with Gasteiger partial charge in [-0.1, -0.05) is 18.1 Å². The quantitative estimate of drug-likeness (QED) is 0.649. The number of aryl methyl sites for hydroxylation is 1. The zero-order valence-corrected chi connectivity index (χ0v) is 21.2. The molecule has 9 nitrogen and oxygen atoms in total. The number of hydrogen-bond acceptors (Lipinski definition) is 6. The van der Waals surface area contributed by atoms with Crippen molar-refractivity contribution in [2.24, 2.45) is 18.1 Å². The third-order valence-corrected chi connectivity index (χ3v) is 7.60. The van der Waals surface area contributed by atoms with E-state index in [-0.39, 0.29) is 29.8 Å². The molecule has 0 radical (unpaired) electrons. The van der Waals surface area contributed by atoms with Gasteiger partial charge in [-0.25, -0.2) is 8.78 Å². The second kappa shape index (κ2) is 9.95. The summed E-state index contributed by atoms with van der Waals surface area (Å²) in [4.78, 5) is 46.5. The molecule has 4 rings (SSSR count). The lowest BCUT2D eigenvalue weighted by Gasteiger charge is -2.30. The van der Waals surface area contributed by atoms with E-state index < -0.39 is 45.8 Å². The van der Waals surface area contributed by atoms with Gasteiger partial charge in [0.15, 0.2) is 11.4 Å². The number of rotatable bonds is 4. The van der Waals surface area contributed by atoms with Crippen LogP contribution in [0.25, 0.3) is 0 Å². The third-order valence-electron chi connectivity index (χ3n) is 7.60. The number of carbonyl (C=O) groups is 2. The summed E-state index contributed by atoms with van der Waals surface area (Å²) < 4.78 is 28.2. The summed E-state index contributed by atoms with van der Waals surface area (Å²) in [6, 6.07) is 2.73. The highest BCUT2D eigenvalue weighted by atomic mass is 19.1. The van der Waals surface area contributed by atoms with E-state index in [0.29, 0.717) is 31.9 Å². The molecule has 0 aliphatic carbocycles. The minimum Gasteiger partial charge on any atom is -0.503 e. The lowest BCUT2D eigenvalue weighted by molar-refractivity contribution is -0.0512. The Morgan fingerprint density at radius 2 is 2.00 bits per heavy atom. The van der Waals surface area contributed by atoms with Crippen molar-refractivity contribution < 1.29 is 28.3 Å². The summed E-state index contributed by atoms with van der Waals surface area (Å²) in [6.07, 6.45) is 3.06. The molecule has 198 valence electrons. The van der Waals surface area contributed by atoms with E-state index in [2.05, 4.69) is 17.4 Å². The van der Waals surface area contributed by atoms with Crippen LogP contribution in [0.2, 0.25) is 0 Å². The predicted octanol–water partition coefficient (Wildman–Crippen LogP) is 3.09. The van der Waals surface area contributed by atoms with E-state index in [9.17, 15) is 28.3 Å². The van der Waals surface area contributed by atoms with E-state index >= 15 is 0 Å². The van der Waals surface area contributed by atoms with Gasteiger partial charge in [0, 0.05) is 56.3 Å². The number of benzene rings is 1. The highest BCUT2D eigenvalue weighted by molar-refractivity contribution is 5.98. The summed E-state index contributed by atoms with van der Waals surface area (Å²) in [6.45, 7) is 5.91. The average molecular weight is 517 g/mol. The molecular weight excluding hydrogens is 486 g/mol. The van der Waals surface area contributed by atoms with Crippen molar-refractivity contribution in [1.82, 2.24) is 14.8 Å². The molecule has 11 heteroatoms. The van der Waals surface area contributed by atoms with Gasteiger partial charge in [-0.3, -0.25) is 14.4 Å². The molecule has 2 aliphatic heterocycles. The van der Waals surface area contributed by atoms with Gasteiger partial charge in [0.25, 0.3) is 11.8 Å². The molecule has 1 saturated heterocycles. The Kier molecular flexibility index (Phi) is 7.07. The zero-order valence-electron chi connectivity index (χ0n) is 21.2. The Morgan fingerprint density at radius 1 is 1.27 bits per heavy atom. The molecule has 1 spiro atoms. The van der Waals surface area contributed by atoms with E-state index in [1.807, 2.05) is 13.8 Å². The van der Waals surface area contributed by atoms with Crippen LogP contribution in [0, 0.1) is 17.6 Å². The van der Waals surface area contributed by atoms with Gasteiger partial charge in [0.2, 0.25) is 5.43 Å². The molecule has 2 aromatic rings. The molecule has 1 fully saturated rings. The molecule has 3 heterocycles. The Labute approximate surface area is 212 Å². The summed E-state index contributed by atoms with van der Waals surface area (Å²) in [7, 11) is 1.45. The first-order valence-corrected chi connectivity index (χ1v) is 12.1. The highest BCUT2D eigenvalue weighted by Gasteiger charge is 2.47. The number of amides is 2.